The molecule has 0 aromatic heterocycles. The van der Waals surface area contributed by atoms with Crippen LogP contribution in [0.25, 0.3) is 0 Å². The van der Waals surface area contributed by atoms with E-state index in [0.29, 0.717) is 17.4 Å². The van der Waals surface area contributed by atoms with Crippen molar-refractivity contribution in [3.05, 3.63) is 59.9 Å². The number of nitrogens with zero attached hydrogens (tertiary/aromatic N) is 3. The Balaban J connectivity index is 1.55. The summed E-state index contributed by atoms with van der Waals surface area (Å²) >= 11 is 0. The van der Waals surface area contributed by atoms with Crippen molar-refractivity contribution in [3.8, 4) is 0 Å². The second-order valence-corrected chi connectivity index (χ2v) is 8.56. The molecule has 0 atom stereocenters. The molecule has 1 aliphatic heterocycles. The van der Waals surface area contributed by atoms with Crippen LogP contribution in [-0.2, 0) is 16.4 Å². The van der Waals surface area contributed by atoms with Crippen LogP contribution in [-0.4, -0.2) is 51.7 Å². The molecule has 0 bridgehead atoms. The normalized spacial score (nSPS) is 15.9. The Labute approximate surface area is 159 Å². The summed E-state index contributed by atoms with van der Waals surface area (Å²) in [6, 6.07) is 13.2. The molecule has 1 aliphatic rings. The average Bonchev–Trinajstić information content (AvgIpc) is 2.66. The van der Waals surface area contributed by atoms with Gasteiger partial charge in [-0.05, 0) is 42.0 Å². The number of guanidine groups is 1. The van der Waals surface area contributed by atoms with E-state index in [1.54, 1.807) is 36.4 Å². The van der Waals surface area contributed by atoms with Gasteiger partial charge in [-0.1, -0.05) is 12.1 Å². The monoisotopic (exact) mass is 390 g/mol. The average molecular weight is 390 g/mol. The van der Waals surface area contributed by atoms with Crippen LogP contribution >= 0.6 is 0 Å². The molecule has 0 unspecified atom stereocenters. The summed E-state index contributed by atoms with van der Waals surface area (Å²) in [7, 11) is -3.19. The zero-order valence-corrected chi connectivity index (χ0v) is 16.0. The topological polar surface area (TPSA) is 79.0 Å². The molecule has 2 aromatic rings. The summed E-state index contributed by atoms with van der Waals surface area (Å²) < 4.78 is 36.0. The molecule has 1 saturated heterocycles. The first-order valence-corrected chi connectivity index (χ1v) is 10.6. The van der Waals surface area contributed by atoms with E-state index in [1.165, 1.54) is 18.4 Å². The maximum Gasteiger partial charge on any atom is 0.191 e. The molecule has 8 heteroatoms. The van der Waals surface area contributed by atoms with Crippen LogP contribution in [0.4, 0.5) is 10.1 Å². The Morgan fingerprint density at radius 2 is 1.63 bits per heavy atom. The van der Waals surface area contributed by atoms with Crippen LogP contribution in [0, 0.1) is 5.82 Å². The van der Waals surface area contributed by atoms with Gasteiger partial charge >= 0.3 is 0 Å². The number of sulfone groups is 1. The highest BCUT2D eigenvalue weighted by molar-refractivity contribution is 7.90. The molecular formula is C19H23FN4O2S. The van der Waals surface area contributed by atoms with Gasteiger partial charge in [0.15, 0.2) is 15.8 Å². The molecule has 0 spiro atoms. The summed E-state index contributed by atoms with van der Waals surface area (Å²) in [5.74, 6) is 0.235. The Hall–Kier alpha value is -2.61. The number of rotatable bonds is 4. The Morgan fingerprint density at radius 3 is 2.19 bits per heavy atom. The number of aliphatic imine (C=N–C) groups is 1. The lowest BCUT2D eigenvalue weighted by atomic mass is 10.2. The van der Waals surface area contributed by atoms with E-state index in [9.17, 15) is 12.8 Å². The Bertz CT molecular complexity index is 904. The van der Waals surface area contributed by atoms with E-state index in [0.717, 1.165) is 37.4 Å². The Morgan fingerprint density at radius 1 is 1.04 bits per heavy atom. The lowest BCUT2D eigenvalue weighted by Gasteiger charge is -2.36. The minimum absolute atomic E-state index is 0.238. The van der Waals surface area contributed by atoms with Crippen LogP contribution in [0.2, 0.25) is 0 Å². The van der Waals surface area contributed by atoms with Crippen molar-refractivity contribution in [2.75, 3.05) is 37.3 Å². The van der Waals surface area contributed by atoms with Crippen LogP contribution in [0.15, 0.2) is 58.4 Å². The third-order valence-corrected chi connectivity index (χ3v) is 5.70. The summed E-state index contributed by atoms with van der Waals surface area (Å²) in [5.41, 5.74) is 8.01. The smallest absolute Gasteiger partial charge is 0.191 e. The van der Waals surface area contributed by atoms with Crippen molar-refractivity contribution in [2.45, 2.75) is 11.4 Å². The number of hydrogen-bond donors (Lipinski definition) is 1. The molecule has 0 amide bonds. The largest absolute Gasteiger partial charge is 0.370 e. The van der Waals surface area contributed by atoms with Gasteiger partial charge < -0.3 is 15.5 Å². The number of benzene rings is 2. The Kier molecular flexibility index (Phi) is 5.65. The molecule has 1 heterocycles. The molecule has 6 nitrogen and oxygen atoms in total. The first kappa shape index (κ1) is 19.2. The number of anilines is 1. The van der Waals surface area contributed by atoms with Crippen LogP contribution in [0.5, 0.6) is 0 Å². The second kappa shape index (κ2) is 7.96. The fraction of sp³-hybridized carbons (Fsp3) is 0.316. The number of halogens is 1. The van der Waals surface area contributed by atoms with Crippen LogP contribution in [0.1, 0.15) is 5.56 Å². The molecule has 2 N–H and O–H groups in total. The van der Waals surface area contributed by atoms with E-state index in [4.69, 9.17) is 5.73 Å². The molecular weight excluding hydrogens is 367 g/mol. The maximum absolute atomic E-state index is 13.0. The highest BCUT2D eigenvalue weighted by Gasteiger charge is 2.18. The van der Waals surface area contributed by atoms with Crippen molar-refractivity contribution in [3.63, 3.8) is 0 Å². The number of piperazine rings is 1. The zero-order chi connectivity index (χ0) is 19.4. The summed E-state index contributed by atoms with van der Waals surface area (Å²) in [6.45, 7) is 3.43. The van der Waals surface area contributed by atoms with Crippen molar-refractivity contribution >= 4 is 21.5 Å². The lowest BCUT2D eigenvalue weighted by molar-refractivity contribution is 0.380. The van der Waals surface area contributed by atoms with Gasteiger partial charge in [0.05, 0.1) is 11.4 Å². The van der Waals surface area contributed by atoms with Gasteiger partial charge in [-0.2, -0.15) is 0 Å². The SMILES string of the molecule is CS(=O)(=O)c1ccc(CN=C(N)N2CCN(c3ccc(F)cc3)CC2)cc1. The van der Waals surface area contributed by atoms with Crippen molar-refractivity contribution in [1.82, 2.24) is 4.90 Å². The summed E-state index contributed by atoms with van der Waals surface area (Å²) in [6.07, 6.45) is 1.18. The minimum atomic E-state index is -3.19. The molecule has 2 aromatic carbocycles. The van der Waals surface area contributed by atoms with E-state index in [-0.39, 0.29) is 5.82 Å². The first-order chi connectivity index (χ1) is 12.8. The van der Waals surface area contributed by atoms with Gasteiger partial charge in [0.25, 0.3) is 0 Å². The van der Waals surface area contributed by atoms with Crippen molar-refractivity contribution in [2.24, 2.45) is 10.7 Å². The van der Waals surface area contributed by atoms with Crippen molar-refractivity contribution in [1.29, 1.82) is 0 Å². The standard InChI is InChI=1S/C19H23FN4O2S/c1-27(25,26)18-8-2-15(3-9-18)14-22-19(21)24-12-10-23(11-13-24)17-6-4-16(20)5-7-17/h2-9H,10-14H2,1H3,(H2,21,22). The van der Waals surface area contributed by atoms with E-state index < -0.39 is 9.84 Å². The molecule has 0 saturated carbocycles. The quantitative estimate of drug-likeness (QED) is 0.637. The fourth-order valence-electron chi connectivity index (χ4n) is 2.96. The van der Waals surface area contributed by atoms with Gasteiger partial charge in [-0.3, -0.25) is 0 Å². The first-order valence-electron chi connectivity index (χ1n) is 8.67. The summed E-state index contributed by atoms with van der Waals surface area (Å²) in [5, 5.41) is 0. The van der Waals surface area contributed by atoms with Gasteiger partial charge in [-0.25, -0.2) is 17.8 Å². The highest BCUT2D eigenvalue weighted by atomic mass is 32.2. The lowest BCUT2D eigenvalue weighted by Crippen LogP contribution is -2.51. The molecule has 0 aliphatic carbocycles. The molecule has 144 valence electrons. The highest BCUT2D eigenvalue weighted by Crippen LogP contribution is 2.17. The van der Waals surface area contributed by atoms with Gasteiger partial charge in [0, 0.05) is 38.1 Å². The number of hydrogen-bond acceptors (Lipinski definition) is 4. The maximum atomic E-state index is 13.0. The molecule has 3 rings (SSSR count). The second-order valence-electron chi connectivity index (χ2n) is 6.54. The number of nitrogens with two attached hydrogens (primary N) is 1. The van der Waals surface area contributed by atoms with E-state index >= 15 is 0 Å². The van der Waals surface area contributed by atoms with Gasteiger partial charge in [-0.15, -0.1) is 0 Å². The van der Waals surface area contributed by atoms with Crippen LogP contribution < -0.4 is 10.6 Å². The van der Waals surface area contributed by atoms with Crippen molar-refractivity contribution < 1.29 is 12.8 Å². The molecule has 27 heavy (non-hydrogen) atoms. The third kappa shape index (κ3) is 4.97. The molecule has 1 fully saturated rings. The van der Waals surface area contributed by atoms with Gasteiger partial charge in [0.2, 0.25) is 0 Å². The third-order valence-electron chi connectivity index (χ3n) is 4.57. The van der Waals surface area contributed by atoms with E-state index in [1.807, 2.05) is 4.90 Å². The minimum Gasteiger partial charge on any atom is -0.370 e. The predicted molar refractivity (Wildman–Crippen MR) is 105 cm³/mol. The van der Waals surface area contributed by atoms with E-state index in [2.05, 4.69) is 9.89 Å². The zero-order valence-electron chi connectivity index (χ0n) is 15.2. The van der Waals surface area contributed by atoms with Gasteiger partial charge in [0.1, 0.15) is 5.82 Å². The fourth-order valence-corrected chi connectivity index (χ4v) is 3.59. The molecule has 0 radical (unpaired) electrons. The van der Waals surface area contributed by atoms with Crippen LogP contribution in [0.3, 0.4) is 0 Å². The predicted octanol–water partition coefficient (Wildman–Crippen LogP) is 1.87. The summed E-state index contributed by atoms with van der Waals surface area (Å²) in [4.78, 5) is 8.92.